The first-order chi connectivity index (χ1) is 11.0. The third-order valence-electron chi connectivity index (χ3n) is 3.71. The van der Waals surface area contributed by atoms with Crippen LogP contribution in [0.5, 0.6) is 0 Å². The number of anilines is 1. The summed E-state index contributed by atoms with van der Waals surface area (Å²) in [5, 5.41) is 15.5. The first kappa shape index (κ1) is 15.9. The third-order valence-corrected chi connectivity index (χ3v) is 4.58. The van der Waals surface area contributed by atoms with Gasteiger partial charge < -0.3 is 10.0 Å². The summed E-state index contributed by atoms with van der Waals surface area (Å²) in [5.74, 6) is -0.350. The average Bonchev–Trinajstić information content (AvgIpc) is 3.28. The van der Waals surface area contributed by atoms with Crippen LogP contribution in [0.15, 0.2) is 29.6 Å². The molecular weight excluding hydrogens is 317 g/mol. The summed E-state index contributed by atoms with van der Waals surface area (Å²) in [6.45, 7) is 2.04. The van der Waals surface area contributed by atoms with Crippen molar-refractivity contribution in [2.24, 2.45) is 0 Å². The quantitative estimate of drug-likeness (QED) is 0.881. The second-order valence-corrected chi connectivity index (χ2v) is 6.53. The second-order valence-electron chi connectivity index (χ2n) is 5.68. The molecule has 1 fully saturated rings. The number of aliphatic hydroxyl groups is 1. The zero-order valence-corrected chi connectivity index (χ0v) is 13.5. The molecule has 1 aromatic carbocycles. The van der Waals surface area contributed by atoms with Crippen molar-refractivity contribution < 1.29 is 14.3 Å². The molecule has 5 nitrogen and oxygen atoms in total. The molecule has 2 N–H and O–H groups in total. The van der Waals surface area contributed by atoms with Crippen LogP contribution in [-0.2, 0) is 0 Å². The van der Waals surface area contributed by atoms with Crippen molar-refractivity contribution in [1.82, 2.24) is 9.88 Å². The van der Waals surface area contributed by atoms with Crippen molar-refractivity contribution in [3.8, 4) is 0 Å². The van der Waals surface area contributed by atoms with Crippen molar-refractivity contribution in [3.63, 3.8) is 0 Å². The maximum Gasteiger partial charge on any atom is 0.323 e. The Kier molecular flexibility index (Phi) is 4.58. The minimum Gasteiger partial charge on any atom is -0.387 e. The molecule has 0 bridgehead atoms. The summed E-state index contributed by atoms with van der Waals surface area (Å²) in [4.78, 5) is 18.3. The normalized spacial score (nSPS) is 15.3. The van der Waals surface area contributed by atoms with E-state index in [-0.39, 0.29) is 24.4 Å². The lowest BCUT2D eigenvalue weighted by Gasteiger charge is -2.25. The highest BCUT2D eigenvalue weighted by Gasteiger charge is 2.34. The van der Waals surface area contributed by atoms with Crippen molar-refractivity contribution in [2.75, 3.05) is 11.9 Å². The molecule has 23 heavy (non-hydrogen) atoms. The van der Waals surface area contributed by atoms with Gasteiger partial charge in [-0.15, -0.1) is 11.3 Å². The number of amides is 2. The minimum atomic E-state index is -0.847. The fraction of sp³-hybridized carbons (Fsp3) is 0.375. The molecule has 1 atom stereocenters. The summed E-state index contributed by atoms with van der Waals surface area (Å²) in [6.07, 6.45) is 1.01. The topological polar surface area (TPSA) is 65.5 Å². The highest BCUT2D eigenvalue weighted by molar-refractivity contribution is 7.13. The van der Waals surface area contributed by atoms with Crippen molar-refractivity contribution in [1.29, 1.82) is 0 Å². The fourth-order valence-corrected chi connectivity index (χ4v) is 3.01. The van der Waals surface area contributed by atoms with Gasteiger partial charge in [0, 0.05) is 11.4 Å². The van der Waals surface area contributed by atoms with Crippen LogP contribution >= 0.6 is 11.3 Å². The van der Waals surface area contributed by atoms with E-state index >= 15 is 0 Å². The van der Waals surface area contributed by atoms with Crippen LogP contribution in [0.3, 0.4) is 0 Å². The lowest BCUT2D eigenvalue weighted by Crippen LogP contribution is -2.39. The Hall–Kier alpha value is -1.99. The van der Waals surface area contributed by atoms with E-state index in [9.17, 15) is 14.3 Å². The van der Waals surface area contributed by atoms with Gasteiger partial charge in [-0.3, -0.25) is 5.32 Å². The molecule has 2 aromatic rings. The molecular formula is C16H18FN3O2S. The maximum absolute atomic E-state index is 13.0. The van der Waals surface area contributed by atoms with Gasteiger partial charge in [-0.05, 0) is 37.5 Å². The Balaban J connectivity index is 1.66. The molecule has 0 spiro atoms. The molecule has 0 saturated heterocycles. The van der Waals surface area contributed by atoms with Gasteiger partial charge in [0.25, 0.3) is 0 Å². The Labute approximate surface area is 137 Å². The van der Waals surface area contributed by atoms with E-state index in [0.717, 1.165) is 18.5 Å². The molecule has 2 amide bonds. The Morgan fingerprint density at radius 2 is 2.17 bits per heavy atom. The number of urea groups is 1. The van der Waals surface area contributed by atoms with Crippen LogP contribution in [0.2, 0.25) is 0 Å². The van der Waals surface area contributed by atoms with Crippen molar-refractivity contribution in [3.05, 3.63) is 46.7 Å². The van der Waals surface area contributed by atoms with Gasteiger partial charge >= 0.3 is 6.03 Å². The molecule has 3 rings (SSSR count). The van der Waals surface area contributed by atoms with Crippen LogP contribution < -0.4 is 5.32 Å². The van der Waals surface area contributed by atoms with E-state index in [1.54, 1.807) is 4.90 Å². The van der Waals surface area contributed by atoms with Crippen molar-refractivity contribution in [2.45, 2.75) is 31.9 Å². The fourth-order valence-electron chi connectivity index (χ4n) is 2.34. The summed E-state index contributed by atoms with van der Waals surface area (Å²) in [6, 6.07) is 5.56. The standard InChI is InChI=1S/C16H18FN3O2S/c1-10-9-23-15(18-10)19-16(22)20(13-6-7-13)8-14(21)11-2-4-12(17)5-3-11/h2-5,9,13-14,21H,6-8H2,1H3,(H,18,19,22). The Morgan fingerprint density at radius 1 is 1.48 bits per heavy atom. The van der Waals surface area contributed by atoms with E-state index in [0.29, 0.717) is 10.7 Å². The van der Waals surface area contributed by atoms with Crippen molar-refractivity contribution >= 4 is 22.5 Å². The predicted octanol–water partition coefficient (Wildman–Crippen LogP) is 3.32. The zero-order valence-electron chi connectivity index (χ0n) is 12.7. The first-order valence-electron chi connectivity index (χ1n) is 7.46. The van der Waals surface area contributed by atoms with Gasteiger partial charge in [-0.1, -0.05) is 12.1 Å². The number of nitrogens with one attached hydrogen (secondary N) is 1. The van der Waals surface area contributed by atoms with E-state index in [1.807, 2.05) is 12.3 Å². The lowest BCUT2D eigenvalue weighted by atomic mass is 10.1. The number of aryl methyl sites for hydroxylation is 1. The largest absolute Gasteiger partial charge is 0.387 e. The smallest absolute Gasteiger partial charge is 0.323 e. The number of aromatic nitrogens is 1. The number of nitrogens with zero attached hydrogens (tertiary/aromatic N) is 2. The van der Waals surface area contributed by atoms with Crippen LogP contribution in [0.4, 0.5) is 14.3 Å². The molecule has 0 aliphatic heterocycles. The predicted molar refractivity (Wildman–Crippen MR) is 87.0 cm³/mol. The number of thiazole rings is 1. The molecule has 7 heteroatoms. The van der Waals surface area contributed by atoms with Crippen LogP contribution in [0.1, 0.15) is 30.2 Å². The number of halogens is 1. The van der Waals surface area contributed by atoms with E-state index < -0.39 is 6.10 Å². The Bertz CT molecular complexity index is 685. The SMILES string of the molecule is Cc1csc(NC(=O)N(CC(O)c2ccc(F)cc2)C2CC2)n1. The summed E-state index contributed by atoms with van der Waals surface area (Å²) in [5.41, 5.74) is 1.45. The highest BCUT2D eigenvalue weighted by atomic mass is 32.1. The van der Waals surface area contributed by atoms with Gasteiger partial charge in [-0.25, -0.2) is 14.2 Å². The van der Waals surface area contributed by atoms with Gasteiger partial charge in [0.15, 0.2) is 5.13 Å². The molecule has 1 saturated carbocycles. The number of hydrogen-bond donors (Lipinski definition) is 2. The number of hydrogen-bond acceptors (Lipinski definition) is 4. The molecule has 1 heterocycles. The molecule has 1 unspecified atom stereocenters. The van der Waals surface area contributed by atoms with Gasteiger partial charge in [-0.2, -0.15) is 0 Å². The van der Waals surface area contributed by atoms with E-state index in [2.05, 4.69) is 10.3 Å². The lowest BCUT2D eigenvalue weighted by molar-refractivity contribution is 0.123. The van der Waals surface area contributed by atoms with Gasteiger partial charge in [0.05, 0.1) is 18.3 Å². The summed E-state index contributed by atoms with van der Waals surface area (Å²) < 4.78 is 13.0. The number of carbonyl (C=O) groups excluding carboxylic acids is 1. The Morgan fingerprint density at radius 3 is 2.74 bits per heavy atom. The van der Waals surface area contributed by atoms with E-state index in [4.69, 9.17) is 0 Å². The molecule has 1 aliphatic carbocycles. The second kappa shape index (κ2) is 6.64. The zero-order chi connectivity index (χ0) is 16.4. The van der Waals surface area contributed by atoms with E-state index in [1.165, 1.54) is 35.6 Å². The summed E-state index contributed by atoms with van der Waals surface area (Å²) >= 11 is 1.37. The average molecular weight is 335 g/mol. The number of rotatable bonds is 5. The molecule has 1 aromatic heterocycles. The minimum absolute atomic E-state index is 0.145. The number of benzene rings is 1. The molecule has 1 aliphatic rings. The van der Waals surface area contributed by atoms with Gasteiger partial charge in [0.1, 0.15) is 5.82 Å². The highest BCUT2D eigenvalue weighted by Crippen LogP contribution is 2.30. The third kappa shape index (κ3) is 4.05. The first-order valence-corrected chi connectivity index (χ1v) is 8.34. The van der Waals surface area contributed by atoms with Crippen LogP contribution in [-0.4, -0.2) is 33.6 Å². The monoisotopic (exact) mass is 335 g/mol. The maximum atomic E-state index is 13.0. The van der Waals surface area contributed by atoms with Crippen LogP contribution in [0, 0.1) is 12.7 Å². The number of carbonyl (C=O) groups is 1. The van der Waals surface area contributed by atoms with Gasteiger partial charge in [0.2, 0.25) is 0 Å². The van der Waals surface area contributed by atoms with Crippen LogP contribution in [0.25, 0.3) is 0 Å². The summed E-state index contributed by atoms with van der Waals surface area (Å²) in [7, 11) is 0. The molecule has 122 valence electrons. The molecule has 0 radical (unpaired) electrons. The number of aliphatic hydroxyl groups excluding tert-OH is 1.